The molecule has 6 nitrogen and oxygen atoms in total. The fourth-order valence-electron chi connectivity index (χ4n) is 2.35. The van der Waals surface area contributed by atoms with E-state index in [9.17, 15) is 9.59 Å². The zero-order valence-electron chi connectivity index (χ0n) is 15.7. The number of rotatable bonds is 6. The minimum atomic E-state index is -0.227. The first kappa shape index (κ1) is 19.0. The SMILES string of the molecule is CC(C)C(C)(C)CNC(=O)N[C@H](C)Cn1ncc2ccccc2c1=O. The fraction of sp³-hybridized carbons (Fsp3) is 0.526. The van der Waals surface area contributed by atoms with E-state index in [2.05, 4.69) is 43.4 Å². The van der Waals surface area contributed by atoms with Gasteiger partial charge in [-0.3, -0.25) is 4.79 Å². The molecule has 2 N–H and O–H groups in total. The third kappa shape index (κ3) is 4.81. The molecule has 0 saturated heterocycles. The third-order valence-electron chi connectivity index (χ3n) is 4.85. The van der Waals surface area contributed by atoms with Crippen LogP contribution in [0, 0.1) is 11.3 Å². The van der Waals surface area contributed by atoms with Gasteiger partial charge in [0.1, 0.15) is 0 Å². The molecule has 2 rings (SSSR count). The maximum atomic E-state index is 12.5. The summed E-state index contributed by atoms with van der Waals surface area (Å²) < 4.78 is 1.39. The van der Waals surface area contributed by atoms with Crippen LogP contribution in [-0.4, -0.2) is 28.4 Å². The third-order valence-corrected chi connectivity index (χ3v) is 4.85. The zero-order chi connectivity index (χ0) is 18.6. The van der Waals surface area contributed by atoms with Crippen LogP contribution in [-0.2, 0) is 6.54 Å². The molecular formula is C19H28N4O2. The number of nitrogens with one attached hydrogen (secondary N) is 2. The van der Waals surface area contributed by atoms with Crippen LogP contribution in [0.2, 0.25) is 0 Å². The van der Waals surface area contributed by atoms with Gasteiger partial charge in [-0.1, -0.05) is 45.9 Å². The highest BCUT2D eigenvalue weighted by Crippen LogP contribution is 2.24. The van der Waals surface area contributed by atoms with Gasteiger partial charge in [0.25, 0.3) is 5.56 Å². The topological polar surface area (TPSA) is 76.0 Å². The Morgan fingerprint density at radius 2 is 1.92 bits per heavy atom. The van der Waals surface area contributed by atoms with Crippen molar-refractivity contribution >= 4 is 16.8 Å². The molecule has 0 aliphatic rings. The Hall–Kier alpha value is -2.37. The Balaban J connectivity index is 1.96. The van der Waals surface area contributed by atoms with Crippen LogP contribution in [0.3, 0.4) is 0 Å². The summed E-state index contributed by atoms with van der Waals surface area (Å²) in [5, 5.41) is 11.4. The molecule has 1 atom stereocenters. The van der Waals surface area contributed by atoms with Crippen LogP contribution in [0.25, 0.3) is 10.8 Å². The normalized spacial score (nSPS) is 13.0. The van der Waals surface area contributed by atoms with Crippen LogP contribution in [0.5, 0.6) is 0 Å². The molecule has 0 bridgehead atoms. The average Bonchev–Trinajstić information content (AvgIpc) is 2.56. The number of benzene rings is 1. The van der Waals surface area contributed by atoms with Gasteiger partial charge < -0.3 is 10.6 Å². The quantitative estimate of drug-likeness (QED) is 0.846. The lowest BCUT2D eigenvalue weighted by atomic mass is 9.81. The summed E-state index contributed by atoms with van der Waals surface area (Å²) in [6.45, 7) is 11.3. The molecule has 0 aliphatic heterocycles. The standard InChI is InChI=1S/C19H28N4O2/c1-13(2)19(4,5)12-20-18(25)22-14(3)11-23-17(24)16-9-7-6-8-15(16)10-21-23/h6-10,13-14H,11-12H2,1-5H3,(H2,20,22,25)/t14-/m1/s1. The maximum Gasteiger partial charge on any atom is 0.315 e. The van der Waals surface area contributed by atoms with Crippen molar-refractivity contribution in [1.82, 2.24) is 20.4 Å². The van der Waals surface area contributed by atoms with Gasteiger partial charge in [0.2, 0.25) is 0 Å². The van der Waals surface area contributed by atoms with Crippen molar-refractivity contribution in [2.45, 2.75) is 47.2 Å². The first-order valence-electron chi connectivity index (χ1n) is 8.70. The van der Waals surface area contributed by atoms with Crippen molar-refractivity contribution in [2.24, 2.45) is 11.3 Å². The van der Waals surface area contributed by atoms with Gasteiger partial charge in [-0.25, -0.2) is 9.48 Å². The summed E-state index contributed by atoms with van der Waals surface area (Å²) in [4.78, 5) is 24.5. The molecule has 0 radical (unpaired) electrons. The smallest absolute Gasteiger partial charge is 0.315 e. The molecular weight excluding hydrogens is 316 g/mol. The Morgan fingerprint density at radius 3 is 2.60 bits per heavy atom. The second-order valence-electron chi connectivity index (χ2n) is 7.59. The van der Waals surface area contributed by atoms with Crippen LogP contribution in [0.15, 0.2) is 35.3 Å². The molecule has 0 spiro atoms. The van der Waals surface area contributed by atoms with Gasteiger partial charge in [0.05, 0.1) is 18.1 Å². The van der Waals surface area contributed by atoms with Crippen molar-refractivity contribution in [3.05, 3.63) is 40.8 Å². The predicted octanol–water partition coefficient (Wildman–Crippen LogP) is 2.77. The van der Waals surface area contributed by atoms with E-state index >= 15 is 0 Å². The minimum Gasteiger partial charge on any atom is -0.338 e. The van der Waals surface area contributed by atoms with Gasteiger partial charge in [-0.15, -0.1) is 0 Å². The molecule has 25 heavy (non-hydrogen) atoms. The van der Waals surface area contributed by atoms with Gasteiger partial charge in [0, 0.05) is 18.0 Å². The predicted molar refractivity (Wildman–Crippen MR) is 101 cm³/mol. The van der Waals surface area contributed by atoms with Crippen molar-refractivity contribution in [3.63, 3.8) is 0 Å². The molecule has 2 aromatic rings. The van der Waals surface area contributed by atoms with E-state index in [0.29, 0.717) is 24.4 Å². The number of urea groups is 1. The number of fused-ring (bicyclic) bond motifs is 1. The number of nitrogens with zero attached hydrogens (tertiary/aromatic N) is 2. The molecule has 0 saturated carbocycles. The Kier molecular flexibility index (Phi) is 5.82. The fourth-order valence-corrected chi connectivity index (χ4v) is 2.35. The molecule has 136 valence electrons. The summed E-state index contributed by atoms with van der Waals surface area (Å²) in [7, 11) is 0. The number of carbonyl (C=O) groups is 1. The van der Waals surface area contributed by atoms with Crippen molar-refractivity contribution < 1.29 is 4.79 Å². The second-order valence-corrected chi connectivity index (χ2v) is 7.59. The highest BCUT2D eigenvalue weighted by Gasteiger charge is 2.23. The average molecular weight is 344 g/mol. The molecule has 0 aliphatic carbocycles. The van der Waals surface area contributed by atoms with E-state index in [4.69, 9.17) is 0 Å². The Labute approximate surface area is 148 Å². The van der Waals surface area contributed by atoms with Gasteiger partial charge in [-0.2, -0.15) is 5.10 Å². The van der Waals surface area contributed by atoms with E-state index in [1.54, 1.807) is 12.3 Å². The Bertz CT molecular complexity index is 795. The molecule has 6 heteroatoms. The van der Waals surface area contributed by atoms with E-state index in [1.807, 2.05) is 25.1 Å². The molecule has 0 unspecified atom stereocenters. The lowest BCUT2D eigenvalue weighted by Gasteiger charge is -2.29. The van der Waals surface area contributed by atoms with E-state index in [0.717, 1.165) is 5.39 Å². The van der Waals surface area contributed by atoms with Gasteiger partial charge >= 0.3 is 6.03 Å². The van der Waals surface area contributed by atoms with Gasteiger partial charge in [0.15, 0.2) is 0 Å². The highest BCUT2D eigenvalue weighted by molar-refractivity contribution is 5.80. The summed E-state index contributed by atoms with van der Waals surface area (Å²) in [5.74, 6) is 0.464. The van der Waals surface area contributed by atoms with E-state index in [1.165, 1.54) is 4.68 Å². The summed E-state index contributed by atoms with van der Waals surface area (Å²) in [6, 6.07) is 6.91. The van der Waals surface area contributed by atoms with Crippen molar-refractivity contribution in [3.8, 4) is 0 Å². The minimum absolute atomic E-state index is 0.0252. The molecule has 0 fully saturated rings. The first-order valence-corrected chi connectivity index (χ1v) is 8.70. The first-order chi connectivity index (χ1) is 11.7. The monoisotopic (exact) mass is 344 g/mol. The second kappa shape index (κ2) is 7.68. The molecule has 2 amide bonds. The van der Waals surface area contributed by atoms with E-state index < -0.39 is 0 Å². The molecule has 1 aromatic carbocycles. The number of hydrogen-bond donors (Lipinski definition) is 2. The zero-order valence-corrected chi connectivity index (χ0v) is 15.7. The number of aromatic nitrogens is 2. The number of hydrogen-bond acceptors (Lipinski definition) is 3. The van der Waals surface area contributed by atoms with Crippen LogP contribution >= 0.6 is 0 Å². The lowest BCUT2D eigenvalue weighted by molar-refractivity contribution is 0.212. The summed E-state index contributed by atoms with van der Waals surface area (Å²) in [5.41, 5.74) is -0.120. The molecule has 1 heterocycles. The highest BCUT2D eigenvalue weighted by atomic mass is 16.2. The number of carbonyl (C=O) groups excluding carboxylic acids is 1. The van der Waals surface area contributed by atoms with E-state index in [-0.39, 0.29) is 23.0 Å². The van der Waals surface area contributed by atoms with Gasteiger partial charge in [-0.05, 0) is 24.3 Å². The van der Waals surface area contributed by atoms with Crippen LogP contribution in [0.4, 0.5) is 4.79 Å². The summed E-state index contributed by atoms with van der Waals surface area (Å²) >= 11 is 0. The summed E-state index contributed by atoms with van der Waals surface area (Å²) in [6.07, 6.45) is 1.68. The van der Waals surface area contributed by atoms with Crippen molar-refractivity contribution in [2.75, 3.05) is 6.54 Å². The lowest BCUT2D eigenvalue weighted by Crippen LogP contribution is -2.47. The molecule has 1 aromatic heterocycles. The number of amides is 2. The largest absolute Gasteiger partial charge is 0.338 e. The van der Waals surface area contributed by atoms with Crippen molar-refractivity contribution in [1.29, 1.82) is 0 Å². The van der Waals surface area contributed by atoms with Crippen LogP contribution < -0.4 is 16.2 Å². The maximum absolute atomic E-state index is 12.5. The van der Waals surface area contributed by atoms with Crippen LogP contribution in [0.1, 0.15) is 34.6 Å². The Morgan fingerprint density at radius 1 is 1.24 bits per heavy atom.